The van der Waals surface area contributed by atoms with Crippen LogP contribution in [0.2, 0.25) is 0 Å². The molecular weight excluding hydrogens is 204 g/mol. The minimum absolute atomic E-state index is 0.184. The van der Waals surface area contributed by atoms with Crippen LogP contribution in [0.1, 0.15) is 19.0 Å². The van der Waals surface area contributed by atoms with Gasteiger partial charge in [-0.05, 0) is 19.0 Å². The van der Waals surface area contributed by atoms with Gasteiger partial charge in [0.25, 0.3) is 0 Å². The molecule has 90 valence electrons. The second-order valence-electron chi connectivity index (χ2n) is 3.67. The lowest BCUT2D eigenvalue weighted by Crippen LogP contribution is -2.27. The molecular formula is C12H20N2O2. The molecule has 4 heteroatoms. The van der Waals surface area contributed by atoms with Gasteiger partial charge in [0, 0.05) is 19.2 Å². The molecule has 0 aliphatic heterocycles. The van der Waals surface area contributed by atoms with Crippen molar-refractivity contribution in [2.24, 2.45) is 0 Å². The molecule has 0 aromatic carbocycles. The summed E-state index contributed by atoms with van der Waals surface area (Å²) in [5.74, 6) is 0.637. The molecule has 0 saturated carbocycles. The van der Waals surface area contributed by atoms with E-state index in [0.29, 0.717) is 12.4 Å². The van der Waals surface area contributed by atoms with E-state index < -0.39 is 0 Å². The van der Waals surface area contributed by atoms with Gasteiger partial charge in [-0.3, -0.25) is 4.90 Å². The number of hydrogen-bond acceptors (Lipinski definition) is 4. The molecule has 0 spiro atoms. The summed E-state index contributed by atoms with van der Waals surface area (Å²) in [6.45, 7) is 4.73. The minimum atomic E-state index is 0.184. The van der Waals surface area contributed by atoms with Crippen LogP contribution in [0, 0.1) is 0 Å². The Morgan fingerprint density at radius 3 is 2.81 bits per heavy atom. The standard InChI is InChI=1S/C12H20N2O2/c1-3-7-14(8-9-15)10-11-5-4-6-12(13-11)16-2/h4-6,15H,3,7-10H2,1-2H3. The molecule has 1 aromatic rings. The van der Waals surface area contributed by atoms with Gasteiger partial charge in [-0.25, -0.2) is 4.98 Å². The molecule has 0 amide bonds. The minimum Gasteiger partial charge on any atom is -0.481 e. The van der Waals surface area contributed by atoms with E-state index >= 15 is 0 Å². The average Bonchev–Trinajstić information content (AvgIpc) is 2.30. The summed E-state index contributed by atoms with van der Waals surface area (Å²) < 4.78 is 5.08. The van der Waals surface area contributed by atoms with Crippen LogP contribution in [0.5, 0.6) is 5.88 Å². The zero-order chi connectivity index (χ0) is 11.8. The maximum Gasteiger partial charge on any atom is 0.213 e. The Morgan fingerprint density at radius 1 is 1.38 bits per heavy atom. The Balaban J connectivity index is 2.60. The lowest BCUT2D eigenvalue weighted by atomic mass is 10.3. The lowest BCUT2D eigenvalue weighted by Gasteiger charge is -2.20. The second kappa shape index (κ2) is 7.19. The highest BCUT2D eigenvalue weighted by molar-refractivity contribution is 5.15. The first kappa shape index (κ1) is 12.9. The number of methoxy groups -OCH3 is 1. The van der Waals surface area contributed by atoms with E-state index in [9.17, 15) is 0 Å². The van der Waals surface area contributed by atoms with Gasteiger partial charge in [0.2, 0.25) is 5.88 Å². The molecule has 0 unspecified atom stereocenters. The van der Waals surface area contributed by atoms with Crippen LogP contribution in [0.3, 0.4) is 0 Å². The van der Waals surface area contributed by atoms with Crippen molar-refractivity contribution in [2.45, 2.75) is 19.9 Å². The zero-order valence-electron chi connectivity index (χ0n) is 10.0. The maximum atomic E-state index is 8.96. The van der Waals surface area contributed by atoms with Gasteiger partial charge in [-0.2, -0.15) is 0 Å². The monoisotopic (exact) mass is 224 g/mol. The predicted octanol–water partition coefficient (Wildman–Crippen LogP) is 1.29. The Labute approximate surface area is 96.9 Å². The van der Waals surface area contributed by atoms with Crippen molar-refractivity contribution in [3.8, 4) is 5.88 Å². The largest absolute Gasteiger partial charge is 0.481 e. The first-order chi connectivity index (χ1) is 7.80. The van der Waals surface area contributed by atoms with Crippen molar-refractivity contribution in [1.82, 2.24) is 9.88 Å². The van der Waals surface area contributed by atoms with Gasteiger partial charge in [0.15, 0.2) is 0 Å². The normalized spacial score (nSPS) is 10.8. The summed E-state index contributed by atoms with van der Waals surface area (Å²) in [6, 6.07) is 5.74. The SMILES string of the molecule is CCCN(CCO)Cc1cccc(OC)n1. The van der Waals surface area contributed by atoms with Crippen molar-refractivity contribution in [3.63, 3.8) is 0 Å². The molecule has 0 radical (unpaired) electrons. The van der Waals surface area contributed by atoms with E-state index in [4.69, 9.17) is 9.84 Å². The van der Waals surface area contributed by atoms with Gasteiger partial charge in [-0.1, -0.05) is 13.0 Å². The summed E-state index contributed by atoms with van der Waals surface area (Å²) in [7, 11) is 1.61. The Morgan fingerprint density at radius 2 is 2.19 bits per heavy atom. The van der Waals surface area contributed by atoms with E-state index in [1.54, 1.807) is 7.11 Å². The van der Waals surface area contributed by atoms with E-state index in [2.05, 4.69) is 16.8 Å². The van der Waals surface area contributed by atoms with Crippen molar-refractivity contribution in [2.75, 3.05) is 26.8 Å². The average molecular weight is 224 g/mol. The van der Waals surface area contributed by atoms with Gasteiger partial charge in [-0.15, -0.1) is 0 Å². The molecule has 0 aliphatic rings. The molecule has 0 atom stereocenters. The molecule has 0 fully saturated rings. The number of aromatic nitrogens is 1. The summed E-state index contributed by atoms with van der Waals surface area (Å²) in [5, 5.41) is 8.96. The molecule has 1 heterocycles. The highest BCUT2D eigenvalue weighted by Gasteiger charge is 2.05. The topological polar surface area (TPSA) is 45.6 Å². The van der Waals surface area contributed by atoms with Crippen LogP contribution in [0.4, 0.5) is 0 Å². The first-order valence-corrected chi connectivity index (χ1v) is 5.63. The number of rotatable bonds is 7. The van der Waals surface area contributed by atoms with Crippen molar-refractivity contribution in [1.29, 1.82) is 0 Å². The third-order valence-electron chi connectivity index (χ3n) is 2.33. The summed E-state index contributed by atoms with van der Waals surface area (Å²) in [5.41, 5.74) is 0.973. The van der Waals surface area contributed by atoms with E-state index in [1.807, 2.05) is 18.2 Å². The van der Waals surface area contributed by atoms with Crippen LogP contribution in [0.25, 0.3) is 0 Å². The number of nitrogens with zero attached hydrogens (tertiary/aromatic N) is 2. The highest BCUT2D eigenvalue weighted by Crippen LogP contribution is 2.09. The summed E-state index contributed by atoms with van der Waals surface area (Å²) in [6.07, 6.45) is 1.07. The second-order valence-corrected chi connectivity index (χ2v) is 3.67. The molecule has 16 heavy (non-hydrogen) atoms. The van der Waals surface area contributed by atoms with Gasteiger partial charge >= 0.3 is 0 Å². The van der Waals surface area contributed by atoms with E-state index in [0.717, 1.165) is 25.2 Å². The lowest BCUT2D eigenvalue weighted by molar-refractivity contribution is 0.188. The molecule has 0 bridgehead atoms. The number of ether oxygens (including phenoxy) is 1. The molecule has 0 saturated heterocycles. The molecule has 0 aliphatic carbocycles. The Kier molecular flexibility index (Phi) is 5.82. The quantitative estimate of drug-likeness (QED) is 0.758. The third kappa shape index (κ3) is 4.16. The van der Waals surface area contributed by atoms with Crippen LogP contribution < -0.4 is 4.74 Å². The van der Waals surface area contributed by atoms with E-state index in [1.165, 1.54) is 0 Å². The fourth-order valence-corrected chi connectivity index (χ4v) is 1.62. The first-order valence-electron chi connectivity index (χ1n) is 5.63. The van der Waals surface area contributed by atoms with Crippen molar-refractivity contribution < 1.29 is 9.84 Å². The Bertz CT molecular complexity index is 299. The van der Waals surface area contributed by atoms with Crippen LogP contribution in [-0.4, -0.2) is 41.8 Å². The maximum absolute atomic E-state index is 8.96. The van der Waals surface area contributed by atoms with Gasteiger partial charge in [0.1, 0.15) is 0 Å². The highest BCUT2D eigenvalue weighted by atomic mass is 16.5. The fourth-order valence-electron chi connectivity index (χ4n) is 1.62. The molecule has 1 rings (SSSR count). The number of aliphatic hydroxyl groups excluding tert-OH is 1. The molecule has 4 nitrogen and oxygen atoms in total. The summed E-state index contributed by atoms with van der Waals surface area (Å²) >= 11 is 0. The molecule has 1 N–H and O–H groups in total. The molecule has 1 aromatic heterocycles. The zero-order valence-corrected chi connectivity index (χ0v) is 10.0. The van der Waals surface area contributed by atoms with Gasteiger partial charge in [0.05, 0.1) is 19.4 Å². The number of pyridine rings is 1. The van der Waals surface area contributed by atoms with Crippen LogP contribution in [0.15, 0.2) is 18.2 Å². The van der Waals surface area contributed by atoms with Gasteiger partial charge < -0.3 is 9.84 Å². The Hall–Kier alpha value is -1.13. The van der Waals surface area contributed by atoms with Crippen LogP contribution in [-0.2, 0) is 6.54 Å². The number of aliphatic hydroxyl groups is 1. The van der Waals surface area contributed by atoms with E-state index in [-0.39, 0.29) is 6.61 Å². The predicted molar refractivity (Wildman–Crippen MR) is 63.4 cm³/mol. The van der Waals surface area contributed by atoms with Crippen LogP contribution >= 0.6 is 0 Å². The number of hydrogen-bond donors (Lipinski definition) is 1. The summed E-state index contributed by atoms with van der Waals surface area (Å²) in [4.78, 5) is 6.53. The fraction of sp³-hybridized carbons (Fsp3) is 0.583. The third-order valence-corrected chi connectivity index (χ3v) is 2.33. The van der Waals surface area contributed by atoms with Crippen molar-refractivity contribution in [3.05, 3.63) is 23.9 Å². The van der Waals surface area contributed by atoms with Crippen molar-refractivity contribution >= 4 is 0 Å². The smallest absolute Gasteiger partial charge is 0.213 e.